The van der Waals surface area contributed by atoms with Crippen LogP contribution in [0.15, 0.2) is 23.1 Å². The minimum Gasteiger partial charge on any atom is -0.313 e. The van der Waals surface area contributed by atoms with Gasteiger partial charge in [0.15, 0.2) is 0 Å². The molecule has 0 unspecified atom stereocenters. The topological polar surface area (TPSA) is 93.9 Å². The Morgan fingerprint density at radius 1 is 1.08 bits per heavy atom. The van der Waals surface area contributed by atoms with Gasteiger partial charge in [-0.2, -0.15) is 13.1 Å². The molecular weight excluding hydrogens is 360 g/mol. The monoisotopic (exact) mass is 376 g/mol. The summed E-state index contributed by atoms with van der Waals surface area (Å²) >= 11 is 1.03. The van der Waals surface area contributed by atoms with Crippen LogP contribution in [-0.2, 0) is 23.0 Å². The molecule has 1 saturated carbocycles. The number of rotatable bonds is 3. The van der Waals surface area contributed by atoms with Crippen LogP contribution in [-0.4, -0.2) is 49.3 Å². The molecule has 1 fully saturated rings. The minimum absolute atomic E-state index is 0.235. The Bertz CT molecular complexity index is 1050. The first-order valence-corrected chi connectivity index (χ1v) is 10.4. The lowest BCUT2D eigenvalue weighted by Gasteiger charge is -2.19. The Morgan fingerprint density at radius 3 is 2.80 bits per heavy atom. The predicted octanol–water partition coefficient (Wildman–Crippen LogP) is 1.41. The van der Waals surface area contributed by atoms with Gasteiger partial charge in [-0.15, -0.1) is 10.2 Å². The molecule has 3 aromatic rings. The minimum atomic E-state index is -3.62. The van der Waals surface area contributed by atoms with Crippen LogP contribution in [0, 0.1) is 0 Å². The first kappa shape index (κ1) is 15.4. The molecule has 1 aliphatic heterocycles. The van der Waals surface area contributed by atoms with E-state index in [1.165, 1.54) is 4.31 Å². The third kappa shape index (κ3) is 2.47. The molecule has 3 heterocycles. The Morgan fingerprint density at radius 2 is 1.96 bits per heavy atom. The van der Waals surface area contributed by atoms with E-state index in [4.69, 9.17) is 0 Å². The summed E-state index contributed by atoms with van der Waals surface area (Å²) in [5.74, 6) is 2.40. The van der Waals surface area contributed by atoms with Gasteiger partial charge >= 0.3 is 0 Å². The van der Waals surface area contributed by atoms with E-state index in [0.717, 1.165) is 36.2 Å². The van der Waals surface area contributed by atoms with Crippen molar-refractivity contribution in [2.45, 2.75) is 36.6 Å². The molecule has 130 valence electrons. The summed E-state index contributed by atoms with van der Waals surface area (Å²) in [5.41, 5.74) is 1.07. The van der Waals surface area contributed by atoms with Crippen molar-refractivity contribution >= 4 is 32.8 Å². The number of hydrogen-bond donors (Lipinski definition) is 0. The lowest BCUT2D eigenvalue weighted by atomic mass is 10.3. The highest BCUT2D eigenvalue weighted by atomic mass is 32.2. The van der Waals surface area contributed by atoms with Gasteiger partial charge in [-0.25, -0.2) is 8.42 Å². The molecule has 0 radical (unpaired) electrons. The standard InChI is InChI=1S/C15H16N6O2S2/c22-25(23,12-3-1-2-11-14(12)19-24-18-11)20-7-6-13-16-17-15(10-4-5-10)21(13)9-8-20/h1-3,10H,4-9H2. The lowest BCUT2D eigenvalue weighted by molar-refractivity contribution is 0.413. The first-order valence-electron chi connectivity index (χ1n) is 8.28. The van der Waals surface area contributed by atoms with Gasteiger partial charge in [0.2, 0.25) is 10.0 Å². The van der Waals surface area contributed by atoms with Crippen molar-refractivity contribution in [2.24, 2.45) is 0 Å². The zero-order valence-corrected chi connectivity index (χ0v) is 15.0. The zero-order valence-electron chi connectivity index (χ0n) is 13.4. The molecule has 8 nitrogen and oxygen atoms in total. The van der Waals surface area contributed by atoms with Gasteiger partial charge in [0, 0.05) is 32.0 Å². The summed E-state index contributed by atoms with van der Waals surface area (Å²) in [6, 6.07) is 5.11. The predicted molar refractivity (Wildman–Crippen MR) is 91.9 cm³/mol. The first-order chi connectivity index (χ1) is 12.1. The van der Waals surface area contributed by atoms with Crippen molar-refractivity contribution in [1.29, 1.82) is 0 Å². The Hall–Kier alpha value is -1.91. The molecule has 0 N–H and O–H groups in total. The molecule has 1 aliphatic carbocycles. The van der Waals surface area contributed by atoms with Crippen LogP contribution in [0.25, 0.3) is 11.0 Å². The highest BCUT2D eigenvalue weighted by Crippen LogP contribution is 2.39. The van der Waals surface area contributed by atoms with Crippen molar-refractivity contribution in [1.82, 2.24) is 27.8 Å². The largest absolute Gasteiger partial charge is 0.313 e. The zero-order chi connectivity index (χ0) is 17.0. The maximum atomic E-state index is 13.2. The molecule has 2 aromatic heterocycles. The third-order valence-corrected chi connectivity index (χ3v) is 7.30. The molecule has 0 saturated heterocycles. The third-order valence-electron chi connectivity index (χ3n) is 4.82. The average Bonchev–Trinajstić information content (AvgIpc) is 3.27. The van der Waals surface area contributed by atoms with E-state index in [1.54, 1.807) is 18.2 Å². The van der Waals surface area contributed by atoms with Gasteiger partial charge in [-0.1, -0.05) is 6.07 Å². The molecule has 1 aromatic carbocycles. The highest BCUT2D eigenvalue weighted by Gasteiger charge is 2.34. The van der Waals surface area contributed by atoms with Gasteiger partial charge in [0.05, 0.1) is 11.7 Å². The van der Waals surface area contributed by atoms with Crippen molar-refractivity contribution in [3.8, 4) is 0 Å². The van der Waals surface area contributed by atoms with Crippen LogP contribution >= 0.6 is 11.7 Å². The van der Waals surface area contributed by atoms with Crippen molar-refractivity contribution in [3.05, 3.63) is 29.8 Å². The summed E-state index contributed by atoms with van der Waals surface area (Å²) in [7, 11) is -3.62. The van der Waals surface area contributed by atoms with Gasteiger partial charge in [0.25, 0.3) is 0 Å². The molecule has 25 heavy (non-hydrogen) atoms. The van der Waals surface area contributed by atoms with Gasteiger partial charge < -0.3 is 4.57 Å². The molecule has 0 atom stereocenters. The van der Waals surface area contributed by atoms with Gasteiger partial charge in [0.1, 0.15) is 27.6 Å². The Balaban J connectivity index is 1.48. The van der Waals surface area contributed by atoms with E-state index in [1.807, 2.05) is 0 Å². The second kappa shape index (κ2) is 5.55. The summed E-state index contributed by atoms with van der Waals surface area (Å²) < 4.78 is 38.3. The Labute approximate surface area is 148 Å². The number of sulfonamides is 1. The van der Waals surface area contributed by atoms with E-state index in [9.17, 15) is 8.42 Å². The normalized spacial score (nSPS) is 19.0. The molecule has 2 aliphatic rings. The summed E-state index contributed by atoms with van der Waals surface area (Å²) in [6.07, 6.45) is 2.88. The molecule has 5 rings (SSSR count). The fourth-order valence-electron chi connectivity index (χ4n) is 3.34. The number of fused-ring (bicyclic) bond motifs is 2. The van der Waals surface area contributed by atoms with E-state index in [2.05, 4.69) is 23.5 Å². The van der Waals surface area contributed by atoms with Crippen LogP contribution in [0.5, 0.6) is 0 Å². The summed E-state index contributed by atoms with van der Waals surface area (Å²) in [6.45, 7) is 1.42. The molecule has 0 spiro atoms. The molecule has 10 heteroatoms. The second-order valence-electron chi connectivity index (χ2n) is 6.44. The fourth-order valence-corrected chi connectivity index (χ4v) is 5.52. The van der Waals surface area contributed by atoms with Crippen molar-refractivity contribution < 1.29 is 8.42 Å². The van der Waals surface area contributed by atoms with E-state index < -0.39 is 10.0 Å². The molecule has 0 bridgehead atoms. The SMILES string of the molecule is O=S(=O)(c1cccc2nsnc12)N1CCc2nnc(C3CC3)n2CC1. The van der Waals surface area contributed by atoms with Crippen LogP contribution < -0.4 is 0 Å². The number of aromatic nitrogens is 5. The average molecular weight is 376 g/mol. The van der Waals surface area contributed by atoms with E-state index in [0.29, 0.717) is 43.0 Å². The van der Waals surface area contributed by atoms with E-state index >= 15 is 0 Å². The van der Waals surface area contributed by atoms with Crippen molar-refractivity contribution in [3.63, 3.8) is 0 Å². The smallest absolute Gasteiger partial charge is 0.245 e. The van der Waals surface area contributed by atoms with E-state index in [-0.39, 0.29) is 4.90 Å². The van der Waals surface area contributed by atoms with Crippen LogP contribution in [0.4, 0.5) is 0 Å². The van der Waals surface area contributed by atoms with Crippen LogP contribution in [0.2, 0.25) is 0 Å². The van der Waals surface area contributed by atoms with Crippen molar-refractivity contribution in [2.75, 3.05) is 13.1 Å². The fraction of sp³-hybridized carbons (Fsp3) is 0.467. The maximum absolute atomic E-state index is 13.2. The van der Waals surface area contributed by atoms with Gasteiger partial charge in [-0.3, -0.25) is 0 Å². The maximum Gasteiger partial charge on any atom is 0.245 e. The molecular formula is C15H16N6O2S2. The lowest BCUT2D eigenvalue weighted by Crippen LogP contribution is -2.34. The van der Waals surface area contributed by atoms with Crippen LogP contribution in [0.1, 0.15) is 30.4 Å². The number of nitrogens with zero attached hydrogens (tertiary/aromatic N) is 6. The quantitative estimate of drug-likeness (QED) is 0.686. The van der Waals surface area contributed by atoms with Gasteiger partial charge in [-0.05, 0) is 25.0 Å². The number of benzene rings is 1. The van der Waals surface area contributed by atoms with Crippen LogP contribution in [0.3, 0.4) is 0 Å². The summed E-state index contributed by atoms with van der Waals surface area (Å²) in [4.78, 5) is 0.235. The summed E-state index contributed by atoms with van der Waals surface area (Å²) in [5, 5.41) is 8.59. The molecule has 0 amide bonds. The Kier molecular flexibility index (Phi) is 3.41. The second-order valence-corrected chi connectivity index (χ2v) is 8.88. The number of hydrogen-bond acceptors (Lipinski definition) is 7. The highest BCUT2D eigenvalue weighted by molar-refractivity contribution is 7.89.